The largest absolute Gasteiger partial charge is 0.507 e. The Morgan fingerprint density at radius 3 is 2.28 bits per heavy atom. The number of fused-ring (bicyclic) bond motifs is 1. The Balaban J connectivity index is 1.71. The first-order chi connectivity index (χ1) is 14.9. The molecule has 0 aliphatic heterocycles. The molecule has 2 aromatic carbocycles. The van der Waals surface area contributed by atoms with Crippen LogP contribution in [0, 0.1) is 0 Å². The van der Waals surface area contributed by atoms with E-state index in [2.05, 4.69) is 57.1 Å². The van der Waals surface area contributed by atoms with Crippen LogP contribution >= 0.6 is 11.8 Å². The number of hydrazone groups is 1. The zero-order valence-corrected chi connectivity index (χ0v) is 20.7. The molecule has 1 heterocycles. The zero-order chi connectivity index (χ0) is 23.7. The van der Waals surface area contributed by atoms with Gasteiger partial charge in [-0.2, -0.15) is 5.10 Å². The number of thioether (sulfide) groups is 1. The molecule has 0 saturated carbocycles. The van der Waals surface area contributed by atoms with Crippen molar-refractivity contribution in [3.05, 3.63) is 53.1 Å². The van der Waals surface area contributed by atoms with Gasteiger partial charge in [-0.15, -0.1) is 0 Å². The first kappa shape index (κ1) is 23.9. The topological polar surface area (TPSA) is 79.5 Å². The molecular formula is C25H32N4O2S. The fraction of sp³-hybridized carbons (Fsp3) is 0.400. The predicted molar refractivity (Wildman–Crippen MR) is 133 cm³/mol. The lowest BCUT2D eigenvalue weighted by Crippen LogP contribution is -2.20. The summed E-state index contributed by atoms with van der Waals surface area (Å²) in [7, 11) is 1.94. The molecule has 1 aromatic heterocycles. The van der Waals surface area contributed by atoms with E-state index in [1.54, 1.807) is 6.21 Å². The molecule has 0 fully saturated rings. The molecule has 0 unspecified atom stereocenters. The van der Waals surface area contributed by atoms with Crippen LogP contribution < -0.4 is 5.43 Å². The fourth-order valence-corrected chi connectivity index (χ4v) is 4.25. The van der Waals surface area contributed by atoms with E-state index in [0.717, 1.165) is 32.9 Å². The molecule has 170 valence electrons. The predicted octanol–water partition coefficient (Wildman–Crippen LogP) is 5.12. The normalized spacial score (nSPS) is 12.6. The molecule has 0 atom stereocenters. The second-order valence-electron chi connectivity index (χ2n) is 9.99. The van der Waals surface area contributed by atoms with E-state index >= 15 is 0 Å². The summed E-state index contributed by atoms with van der Waals surface area (Å²) in [6, 6.07) is 11.7. The minimum absolute atomic E-state index is 0.204. The second-order valence-corrected chi connectivity index (χ2v) is 10.9. The molecule has 0 radical (unpaired) electrons. The van der Waals surface area contributed by atoms with Crippen LogP contribution in [0.4, 0.5) is 0 Å². The van der Waals surface area contributed by atoms with Crippen LogP contribution in [-0.4, -0.2) is 32.5 Å². The highest BCUT2D eigenvalue weighted by atomic mass is 32.2. The summed E-state index contributed by atoms with van der Waals surface area (Å²) >= 11 is 1.37. The quantitative estimate of drug-likeness (QED) is 0.320. The van der Waals surface area contributed by atoms with Crippen molar-refractivity contribution < 1.29 is 9.90 Å². The Morgan fingerprint density at radius 1 is 1.12 bits per heavy atom. The third kappa shape index (κ3) is 5.33. The monoisotopic (exact) mass is 452 g/mol. The Morgan fingerprint density at radius 2 is 1.72 bits per heavy atom. The summed E-state index contributed by atoms with van der Waals surface area (Å²) in [5.74, 6) is 0.333. The van der Waals surface area contributed by atoms with Gasteiger partial charge in [0.1, 0.15) is 5.75 Å². The molecule has 0 bridgehead atoms. The van der Waals surface area contributed by atoms with E-state index in [0.29, 0.717) is 5.75 Å². The Labute approximate surface area is 194 Å². The number of rotatable bonds is 5. The van der Waals surface area contributed by atoms with E-state index in [-0.39, 0.29) is 22.5 Å². The van der Waals surface area contributed by atoms with Crippen LogP contribution in [0.3, 0.4) is 0 Å². The maximum absolute atomic E-state index is 12.3. The van der Waals surface area contributed by atoms with E-state index in [1.165, 1.54) is 11.8 Å². The van der Waals surface area contributed by atoms with Crippen molar-refractivity contribution in [1.82, 2.24) is 15.0 Å². The number of phenolic OH excluding ortho intramolecular Hbond substituents is 1. The molecule has 6 nitrogen and oxygen atoms in total. The maximum atomic E-state index is 12.3. The lowest BCUT2D eigenvalue weighted by molar-refractivity contribution is -0.118. The number of aromatic hydroxyl groups is 1. The number of carbonyl (C=O) groups is 1. The molecule has 3 aromatic rings. The fourth-order valence-electron chi connectivity index (χ4n) is 3.47. The van der Waals surface area contributed by atoms with Gasteiger partial charge in [-0.25, -0.2) is 10.4 Å². The highest BCUT2D eigenvalue weighted by Crippen LogP contribution is 2.39. The number of hydrogen-bond donors (Lipinski definition) is 2. The number of aryl methyl sites for hydroxylation is 1. The number of nitrogens with zero attached hydrogens (tertiary/aromatic N) is 3. The lowest BCUT2D eigenvalue weighted by Gasteiger charge is -2.27. The van der Waals surface area contributed by atoms with Gasteiger partial charge in [0, 0.05) is 18.2 Å². The van der Waals surface area contributed by atoms with Crippen LogP contribution in [0.5, 0.6) is 5.75 Å². The molecule has 0 aliphatic carbocycles. The average Bonchev–Trinajstić information content (AvgIpc) is 3.01. The summed E-state index contributed by atoms with van der Waals surface area (Å²) in [6.07, 6.45) is 1.63. The van der Waals surface area contributed by atoms with Crippen molar-refractivity contribution in [2.24, 2.45) is 12.1 Å². The van der Waals surface area contributed by atoms with E-state index in [1.807, 2.05) is 48.0 Å². The van der Waals surface area contributed by atoms with Crippen molar-refractivity contribution >= 4 is 34.9 Å². The number of amides is 1. The van der Waals surface area contributed by atoms with Gasteiger partial charge in [-0.3, -0.25) is 4.79 Å². The summed E-state index contributed by atoms with van der Waals surface area (Å²) in [4.78, 5) is 16.9. The third-order valence-corrected chi connectivity index (χ3v) is 6.26. The smallest absolute Gasteiger partial charge is 0.250 e. The van der Waals surface area contributed by atoms with Crippen molar-refractivity contribution in [3.8, 4) is 5.75 Å². The standard InChI is InChI=1S/C25H32N4O2S/c1-24(2,3)17-12-16(13-18(22(17)31)25(4,5)6)14-26-28-21(30)15-32-23-27-19-10-8-9-11-20(19)29(23)7/h8-14,31H,15H2,1-7H3,(H,28,30)/b26-14+. The molecule has 0 spiro atoms. The zero-order valence-electron chi connectivity index (χ0n) is 19.9. The summed E-state index contributed by atoms with van der Waals surface area (Å²) in [6.45, 7) is 12.4. The SMILES string of the molecule is Cn1c(SCC(=O)N/N=C/c2cc(C(C)(C)C)c(O)c(C(C)(C)C)c2)nc2ccccc21. The number of imidazole rings is 1. The number of para-hydroxylation sites is 2. The van der Waals surface area contributed by atoms with Gasteiger partial charge in [0.15, 0.2) is 5.16 Å². The van der Waals surface area contributed by atoms with Crippen LogP contribution in [0.15, 0.2) is 46.7 Å². The Kier molecular flexibility index (Phi) is 6.69. The van der Waals surface area contributed by atoms with Crippen molar-refractivity contribution in [2.75, 3.05) is 5.75 Å². The van der Waals surface area contributed by atoms with Gasteiger partial charge < -0.3 is 9.67 Å². The molecule has 7 heteroatoms. The first-order valence-electron chi connectivity index (χ1n) is 10.6. The van der Waals surface area contributed by atoms with Crippen LogP contribution in [0.2, 0.25) is 0 Å². The molecule has 32 heavy (non-hydrogen) atoms. The number of aromatic nitrogens is 2. The van der Waals surface area contributed by atoms with Gasteiger partial charge in [0.2, 0.25) is 0 Å². The number of phenols is 1. The van der Waals surface area contributed by atoms with Gasteiger partial charge in [-0.1, -0.05) is 65.4 Å². The molecule has 3 rings (SSSR count). The molecule has 0 aliphatic rings. The lowest BCUT2D eigenvalue weighted by atomic mass is 9.78. The molecule has 2 N–H and O–H groups in total. The number of hydrogen-bond acceptors (Lipinski definition) is 5. The average molecular weight is 453 g/mol. The van der Waals surface area contributed by atoms with Gasteiger partial charge >= 0.3 is 0 Å². The van der Waals surface area contributed by atoms with Crippen LogP contribution in [-0.2, 0) is 22.7 Å². The third-order valence-electron chi connectivity index (χ3n) is 5.23. The Bertz CT molecular complexity index is 1130. The maximum Gasteiger partial charge on any atom is 0.250 e. The van der Waals surface area contributed by atoms with Crippen molar-refractivity contribution in [1.29, 1.82) is 0 Å². The van der Waals surface area contributed by atoms with Crippen molar-refractivity contribution in [3.63, 3.8) is 0 Å². The summed E-state index contributed by atoms with van der Waals surface area (Å²) in [5, 5.41) is 15.8. The van der Waals surface area contributed by atoms with Crippen LogP contribution in [0.1, 0.15) is 58.2 Å². The minimum atomic E-state index is -0.223. The Hall–Kier alpha value is -2.80. The number of benzene rings is 2. The van der Waals surface area contributed by atoms with Gasteiger partial charge in [0.05, 0.1) is 23.0 Å². The minimum Gasteiger partial charge on any atom is -0.507 e. The van der Waals surface area contributed by atoms with Gasteiger partial charge in [0.25, 0.3) is 5.91 Å². The van der Waals surface area contributed by atoms with E-state index in [4.69, 9.17) is 0 Å². The van der Waals surface area contributed by atoms with Crippen molar-refractivity contribution in [2.45, 2.75) is 57.5 Å². The molecule has 0 saturated heterocycles. The highest BCUT2D eigenvalue weighted by Gasteiger charge is 2.26. The first-order valence-corrected chi connectivity index (χ1v) is 11.6. The molecule has 1 amide bonds. The molecular weight excluding hydrogens is 420 g/mol. The number of nitrogens with one attached hydrogen (secondary N) is 1. The van der Waals surface area contributed by atoms with Crippen LogP contribution in [0.25, 0.3) is 11.0 Å². The van der Waals surface area contributed by atoms with E-state index in [9.17, 15) is 9.90 Å². The summed E-state index contributed by atoms with van der Waals surface area (Å²) in [5.41, 5.74) is 6.64. The summed E-state index contributed by atoms with van der Waals surface area (Å²) < 4.78 is 1.98. The highest BCUT2D eigenvalue weighted by molar-refractivity contribution is 7.99. The number of carbonyl (C=O) groups excluding carboxylic acids is 1. The van der Waals surface area contributed by atoms with Gasteiger partial charge in [-0.05, 0) is 40.7 Å². The van der Waals surface area contributed by atoms with E-state index < -0.39 is 0 Å². The second kappa shape index (κ2) is 8.98.